The highest BCUT2D eigenvalue weighted by Crippen LogP contribution is 2.44. The van der Waals surface area contributed by atoms with Gasteiger partial charge in [-0.25, -0.2) is 17.6 Å². The van der Waals surface area contributed by atoms with Crippen LogP contribution in [0.4, 0.5) is 23.5 Å². The van der Waals surface area contributed by atoms with Gasteiger partial charge in [-0.3, -0.25) is 9.30 Å². The van der Waals surface area contributed by atoms with E-state index < -0.39 is 18.5 Å². The predicted octanol–water partition coefficient (Wildman–Crippen LogP) is 4.56. The van der Waals surface area contributed by atoms with Gasteiger partial charge in [0.2, 0.25) is 12.2 Å². The molecule has 2 aliphatic rings. The fourth-order valence-electron chi connectivity index (χ4n) is 4.42. The van der Waals surface area contributed by atoms with Gasteiger partial charge in [-0.05, 0) is 61.4 Å². The lowest BCUT2D eigenvalue weighted by Gasteiger charge is -2.34. The van der Waals surface area contributed by atoms with E-state index in [9.17, 15) is 22.7 Å². The largest absolute Gasteiger partial charge is 0.507 e. The number of phenols is 1. The van der Waals surface area contributed by atoms with Gasteiger partial charge in [-0.15, -0.1) is 10.2 Å². The van der Waals surface area contributed by atoms with Crippen LogP contribution in [-0.2, 0) is 0 Å². The van der Waals surface area contributed by atoms with Gasteiger partial charge in [0.25, 0.3) is 6.43 Å². The number of hydrogen-bond acceptors (Lipinski definition) is 5. The van der Waals surface area contributed by atoms with Crippen molar-refractivity contribution >= 4 is 11.5 Å². The van der Waals surface area contributed by atoms with Crippen LogP contribution in [0.3, 0.4) is 0 Å². The number of anilines is 1. The fourth-order valence-corrected chi connectivity index (χ4v) is 4.42. The van der Waals surface area contributed by atoms with Crippen molar-refractivity contribution < 1.29 is 22.7 Å². The smallest absolute Gasteiger partial charge is 0.282 e. The molecular formula is C22H23F4N5O. The Bertz CT molecular complexity index is 1110. The number of fused-ring (bicyclic) bond motifs is 1. The summed E-state index contributed by atoms with van der Waals surface area (Å²) in [6.45, 7) is 0.373. The predicted molar refractivity (Wildman–Crippen MR) is 111 cm³/mol. The van der Waals surface area contributed by atoms with E-state index in [2.05, 4.69) is 15.5 Å². The van der Waals surface area contributed by atoms with Gasteiger partial charge in [0, 0.05) is 25.3 Å². The molecule has 1 aliphatic heterocycles. The van der Waals surface area contributed by atoms with Gasteiger partial charge in [-0.1, -0.05) is 0 Å². The molecule has 0 spiro atoms. The third-order valence-corrected chi connectivity index (χ3v) is 6.18. The summed E-state index contributed by atoms with van der Waals surface area (Å²) in [5.41, 5.74) is 1.49. The number of nitrogens with zero attached hydrogens (tertiary/aromatic N) is 4. The molecule has 2 aromatic heterocycles. The third kappa shape index (κ3) is 3.87. The molecule has 0 radical (unpaired) electrons. The van der Waals surface area contributed by atoms with E-state index >= 15 is 0 Å². The van der Waals surface area contributed by atoms with Gasteiger partial charge < -0.3 is 10.4 Å². The number of halogens is 4. The molecule has 0 bridgehead atoms. The average Bonchev–Trinajstić information content (AvgIpc) is 3.50. The minimum atomic E-state index is -3.06. The normalized spacial score (nSPS) is 20.7. The van der Waals surface area contributed by atoms with Crippen LogP contribution in [0.15, 0.2) is 30.5 Å². The van der Waals surface area contributed by atoms with Crippen LogP contribution >= 0.6 is 0 Å². The third-order valence-electron chi connectivity index (χ3n) is 6.18. The highest BCUT2D eigenvalue weighted by Gasteiger charge is 2.32. The van der Waals surface area contributed by atoms with Gasteiger partial charge in [0.15, 0.2) is 0 Å². The van der Waals surface area contributed by atoms with E-state index in [4.69, 9.17) is 0 Å². The van der Waals surface area contributed by atoms with Gasteiger partial charge >= 0.3 is 0 Å². The number of phenolic OH excluding ortho intramolecular Hbond substituents is 1. The fraction of sp³-hybridized carbons (Fsp3) is 0.455. The minimum Gasteiger partial charge on any atom is -0.507 e. The molecule has 5 rings (SSSR count). The first-order chi connectivity index (χ1) is 15.4. The lowest BCUT2D eigenvalue weighted by atomic mass is 10.0. The standard InChI is InChI=1S/C22H23F4N5O/c23-15-9-13(12-5-6-12)10-17(32)18(15)19-16-4-2-8-31(16)22(29-28-19)27-14-3-1-7-30(11-14)21(26)20(24)25/h2,4,8-10,12,14,20-21,32H,1,3,5-7,11H2,(H,27,29)/t14-,21?/m1/s1. The van der Waals surface area contributed by atoms with Crippen molar-refractivity contribution in [2.45, 2.75) is 50.4 Å². The first-order valence-corrected chi connectivity index (χ1v) is 10.7. The lowest BCUT2D eigenvalue weighted by Crippen LogP contribution is -2.48. The number of aromatic hydroxyl groups is 1. The van der Waals surface area contributed by atoms with Crippen LogP contribution in [0.5, 0.6) is 5.75 Å². The van der Waals surface area contributed by atoms with Gasteiger partial charge in [-0.2, -0.15) is 0 Å². The Balaban J connectivity index is 1.43. The Kier molecular flexibility index (Phi) is 5.40. The first kappa shape index (κ1) is 21.0. The van der Waals surface area contributed by atoms with Crippen molar-refractivity contribution in [3.8, 4) is 17.0 Å². The molecule has 1 saturated heterocycles. The molecule has 2 atom stereocenters. The number of aromatic nitrogens is 3. The van der Waals surface area contributed by atoms with Crippen LogP contribution in [0.1, 0.15) is 37.2 Å². The molecule has 10 heteroatoms. The SMILES string of the molecule is Oc1cc(C2CC2)cc(F)c1-c1nnc(N[C@@H]2CCCN(C(F)C(F)F)C2)n2cccc12. The summed E-state index contributed by atoms with van der Waals surface area (Å²) in [6, 6.07) is 6.19. The van der Waals surface area contributed by atoms with E-state index in [1.807, 2.05) is 0 Å². The van der Waals surface area contributed by atoms with Gasteiger partial charge in [0.1, 0.15) is 17.3 Å². The van der Waals surface area contributed by atoms with E-state index in [1.165, 1.54) is 6.07 Å². The number of rotatable bonds is 6. The highest BCUT2D eigenvalue weighted by molar-refractivity contribution is 5.81. The Labute approximate surface area is 181 Å². The molecule has 1 unspecified atom stereocenters. The Morgan fingerprint density at radius 3 is 2.66 bits per heavy atom. The maximum Gasteiger partial charge on any atom is 0.282 e. The Morgan fingerprint density at radius 2 is 1.94 bits per heavy atom. The molecule has 1 aliphatic carbocycles. The molecule has 6 nitrogen and oxygen atoms in total. The topological polar surface area (TPSA) is 65.7 Å². The summed E-state index contributed by atoms with van der Waals surface area (Å²) in [6.07, 6.45) is -0.446. The van der Waals surface area contributed by atoms with Crippen molar-refractivity contribution in [1.82, 2.24) is 19.5 Å². The molecule has 2 fully saturated rings. The Morgan fingerprint density at radius 1 is 1.12 bits per heavy atom. The summed E-state index contributed by atoms with van der Waals surface area (Å²) >= 11 is 0. The van der Waals surface area contributed by atoms with Crippen LogP contribution in [0.2, 0.25) is 0 Å². The number of nitrogens with one attached hydrogen (secondary N) is 1. The monoisotopic (exact) mass is 449 g/mol. The molecule has 2 N–H and O–H groups in total. The van der Waals surface area contributed by atoms with Crippen LogP contribution in [0.25, 0.3) is 16.8 Å². The van der Waals surface area contributed by atoms with Gasteiger partial charge in [0.05, 0.1) is 11.1 Å². The Hall–Kier alpha value is -2.88. The van der Waals surface area contributed by atoms with E-state index in [0.717, 1.165) is 23.3 Å². The molecule has 1 saturated carbocycles. The molecule has 3 aromatic rings. The van der Waals surface area contributed by atoms with Crippen molar-refractivity contribution in [3.63, 3.8) is 0 Å². The van der Waals surface area contributed by atoms with Crippen LogP contribution < -0.4 is 5.32 Å². The van der Waals surface area contributed by atoms with E-state index in [1.54, 1.807) is 28.8 Å². The second-order valence-electron chi connectivity index (χ2n) is 8.49. The van der Waals surface area contributed by atoms with Crippen molar-refractivity contribution in [2.24, 2.45) is 0 Å². The molecule has 1 aromatic carbocycles. The van der Waals surface area contributed by atoms with Crippen LogP contribution in [-0.4, -0.2) is 56.5 Å². The van der Waals surface area contributed by atoms with Crippen molar-refractivity contribution in [3.05, 3.63) is 41.8 Å². The molecular weight excluding hydrogens is 426 g/mol. The summed E-state index contributed by atoms with van der Waals surface area (Å²) in [5.74, 6) is -0.120. The summed E-state index contributed by atoms with van der Waals surface area (Å²) < 4.78 is 55.9. The average molecular weight is 449 g/mol. The van der Waals surface area contributed by atoms with E-state index in [-0.39, 0.29) is 36.1 Å². The summed E-state index contributed by atoms with van der Waals surface area (Å²) in [7, 11) is 0. The number of alkyl halides is 3. The quantitative estimate of drug-likeness (QED) is 0.427. The second-order valence-corrected chi connectivity index (χ2v) is 8.49. The number of hydrogen-bond donors (Lipinski definition) is 2. The summed E-state index contributed by atoms with van der Waals surface area (Å²) in [5, 5.41) is 22.0. The van der Waals surface area contributed by atoms with Crippen molar-refractivity contribution in [1.29, 1.82) is 0 Å². The molecule has 3 heterocycles. The first-order valence-electron chi connectivity index (χ1n) is 10.7. The maximum absolute atomic E-state index is 14.9. The summed E-state index contributed by atoms with van der Waals surface area (Å²) in [4.78, 5) is 1.12. The number of likely N-dealkylation sites (tertiary alicyclic amines) is 1. The zero-order chi connectivity index (χ0) is 22.4. The van der Waals surface area contributed by atoms with Crippen molar-refractivity contribution in [2.75, 3.05) is 18.4 Å². The number of piperidine rings is 1. The zero-order valence-electron chi connectivity index (χ0n) is 17.2. The molecule has 32 heavy (non-hydrogen) atoms. The molecule has 0 amide bonds. The zero-order valence-corrected chi connectivity index (χ0v) is 17.2. The maximum atomic E-state index is 14.9. The second kappa shape index (κ2) is 8.23. The highest BCUT2D eigenvalue weighted by atomic mass is 19.3. The van der Waals surface area contributed by atoms with E-state index in [0.29, 0.717) is 30.2 Å². The minimum absolute atomic E-state index is 0.0156. The lowest BCUT2D eigenvalue weighted by molar-refractivity contribution is -0.0571. The molecule has 170 valence electrons. The number of benzene rings is 1. The van der Waals surface area contributed by atoms with Crippen LogP contribution in [0, 0.1) is 5.82 Å².